The van der Waals surface area contributed by atoms with E-state index in [2.05, 4.69) is 10.2 Å². The summed E-state index contributed by atoms with van der Waals surface area (Å²) in [4.78, 5) is 14.4. The van der Waals surface area contributed by atoms with E-state index >= 15 is 0 Å². The maximum atomic E-state index is 12.2. The lowest BCUT2D eigenvalue weighted by atomic mass is 10.2. The SMILES string of the molecule is O=C(Nc1cc(Cl)ccc1N1CCCC1)C1=COCCO1. The molecule has 112 valence electrons. The fourth-order valence-electron chi connectivity index (χ4n) is 2.51. The van der Waals surface area contributed by atoms with E-state index in [1.54, 1.807) is 6.07 Å². The Kier molecular flexibility index (Phi) is 4.20. The standard InChI is InChI=1S/C15H17ClN2O3/c16-11-3-4-13(18-5-1-2-6-18)12(9-11)17-15(19)14-10-20-7-8-21-14/h3-4,9-10H,1-2,5-8H2,(H,17,19). The van der Waals surface area contributed by atoms with Crippen LogP contribution in [0.4, 0.5) is 11.4 Å². The lowest BCUT2D eigenvalue weighted by molar-refractivity contribution is -0.117. The normalized spacial score (nSPS) is 17.8. The molecule has 0 spiro atoms. The summed E-state index contributed by atoms with van der Waals surface area (Å²) in [5.74, 6) is -0.133. The zero-order valence-corrected chi connectivity index (χ0v) is 12.4. The lowest BCUT2D eigenvalue weighted by Gasteiger charge is -2.22. The third-order valence-electron chi connectivity index (χ3n) is 3.53. The summed E-state index contributed by atoms with van der Waals surface area (Å²) in [6.07, 6.45) is 3.68. The summed E-state index contributed by atoms with van der Waals surface area (Å²) in [5, 5.41) is 3.45. The Hall–Kier alpha value is -1.88. The number of hydrogen-bond acceptors (Lipinski definition) is 4. The Morgan fingerprint density at radius 1 is 1.24 bits per heavy atom. The number of nitrogens with one attached hydrogen (secondary N) is 1. The topological polar surface area (TPSA) is 50.8 Å². The molecule has 1 amide bonds. The molecule has 2 aliphatic rings. The van der Waals surface area contributed by atoms with Gasteiger partial charge < -0.3 is 19.7 Å². The van der Waals surface area contributed by atoms with E-state index < -0.39 is 0 Å². The predicted octanol–water partition coefficient (Wildman–Crippen LogP) is 2.77. The molecular formula is C15H17ClN2O3. The van der Waals surface area contributed by atoms with E-state index in [0.29, 0.717) is 23.9 Å². The van der Waals surface area contributed by atoms with Gasteiger partial charge in [-0.05, 0) is 31.0 Å². The molecular weight excluding hydrogens is 292 g/mol. The molecule has 1 N–H and O–H groups in total. The Labute approximate surface area is 128 Å². The van der Waals surface area contributed by atoms with Gasteiger partial charge in [-0.3, -0.25) is 4.79 Å². The van der Waals surface area contributed by atoms with E-state index in [1.807, 2.05) is 12.1 Å². The van der Waals surface area contributed by atoms with Crippen molar-refractivity contribution in [1.29, 1.82) is 0 Å². The highest BCUT2D eigenvalue weighted by atomic mass is 35.5. The molecule has 3 rings (SSSR count). The molecule has 1 aromatic rings. The molecule has 0 atom stereocenters. The first-order chi connectivity index (χ1) is 10.2. The Morgan fingerprint density at radius 3 is 2.76 bits per heavy atom. The van der Waals surface area contributed by atoms with Crippen molar-refractivity contribution in [3.63, 3.8) is 0 Å². The number of amides is 1. The predicted molar refractivity (Wildman–Crippen MR) is 81.5 cm³/mol. The van der Waals surface area contributed by atoms with Crippen LogP contribution in [0.1, 0.15) is 12.8 Å². The summed E-state index contributed by atoms with van der Waals surface area (Å²) in [6, 6.07) is 5.54. The lowest BCUT2D eigenvalue weighted by Crippen LogP contribution is -2.24. The van der Waals surface area contributed by atoms with Crippen molar-refractivity contribution < 1.29 is 14.3 Å². The highest BCUT2D eigenvalue weighted by molar-refractivity contribution is 6.31. The maximum Gasteiger partial charge on any atom is 0.294 e. The molecule has 0 radical (unpaired) electrons. The average molecular weight is 309 g/mol. The molecule has 21 heavy (non-hydrogen) atoms. The number of carbonyl (C=O) groups is 1. The van der Waals surface area contributed by atoms with Gasteiger partial charge in [0, 0.05) is 18.1 Å². The van der Waals surface area contributed by atoms with Gasteiger partial charge in [0.15, 0.2) is 0 Å². The minimum Gasteiger partial charge on any atom is -0.494 e. The largest absolute Gasteiger partial charge is 0.494 e. The zero-order valence-electron chi connectivity index (χ0n) is 11.6. The second-order valence-electron chi connectivity index (χ2n) is 5.01. The second kappa shape index (κ2) is 6.26. The summed E-state index contributed by atoms with van der Waals surface area (Å²) in [6.45, 7) is 2.83. The number of benzene rings is 1. The van der Waals surface area contributed by atoms with Gasteiger partial charge in [0.25, 0.3) is 5.91 Å². The van der Waals surface area contributed by atoms with Crippen molar-refractivity contribution in [2.75, 3.05) is 36.5 Å². The highest BCUT2D eigenvalue weighted by Crippen LogP contribution is 2.31. The molecule has 6 heteroatoms. The van der Waals surface area contributed by atoms with Gasteiger partial charge >= 0.3 is 0 Å². The van der Waals surface area contributed by atoms with Crippen molar-refractivity contribution >= 4 is 28.9 Å². The second-order valence-corrected chi connectivity index (χ2v) is 5.45. The molecule has 2 heterocycles. The van der Waals surface area contributed by atoms with Crippen molar-refractivity contribution in [2.24, 2.45) is 0 Å². The smallest absolute Gasteiger partial charge is 0.294 e. The van der Waals surface area contributed by atoms with Gasteiger partial charge in [-0.2, -0.15) is 0 Å². The molecule has 0 saturated carbocycles. The van der Waals surface area contributed by atoms with Crippen LogP contribution in [-0.4, -0.2) is 32.2 Å². The van der Waals surface area contributed by atoms with Crippen molar-refractivity contribution in [3.8, 4) is 0 Å². The van der Waals surface area contributed by atoms with E-state index in [0.717, 1.165) is 31.6 Å². The molecule has 0 aromatic heterocycles. The van der Waals surface area contributed by atoms with E-state index in [4.69, 9.17) is 21.1 Å². The van der Waals surface area contributed by atoms with Crippen LogP contribution in [0.5, 0.6) is 0 Å². The summed E-state index contributed by atoms with van der Waals surface area (Å²) in [5.41, 5.74) is 1.69. The number of carbonyl (C=O) groups excluding carboxylic acids is 1. The van der Waals surface area contributed by atoms with E-state index in [-0.39, 0.29) is 11.7 Å². The van der Waals surface area contributed by atoms with Crippen LogP contribution in [0.2, 0.25) is 5.02 Å². The monoisotopic (exact) mass is 308 g/mol. The molecule has 1 aromatic carbocycles. The average Bonchev–Trinajstić information content (AvgIpc) is 3.02. The van der Waals surface area contributed by atoms with Crippen LogP contribution in [0, 0.1) is 0 Å². The van der Waals surface area contributed by atoms with Gasteiger partial charge in [-0.25, -0.2) is 0 Å². The molecule has 1 fully saturated rings. The zero-order chi connectivity index (χ0) is 14.7. The summed E-state index contributed by atoms with van der Waals surface area (Å²) < 4.78 is 10.4. The van der Waals surface area contributed by atoms with Gasteiger partial charge in [-0.15, -0.1) is 0 Å². The molecule has 1 saturated heterocycles. The van der Waals surface area contributed by atoms with Gasteiger partial charge in [0.2, 0.25) is 5.76 Å². The van der Waals surface area contributed by atoms with Crippen LogP contribution in [-0.2, 0) is 14.3 Å². The third kappa shape index (κ3) is 3.24. The van der Waals surface area contributed by atoms with E-state index in [1.165, 1.54) is 6.26 Å². The molecule has 2 aliphatic heterocycles. The Morgan fingerprint density at radius 2 is 2.05 bits per heavy atom. The molecule has 0 unspecified atom stereocenters. The fraction of sp³-hybridized carbons (Fsp3) is 0.400. The number of hydrogen-bond donors (Lipinski definition) is 1. The van der Waals surface area contributed by atoms with Gasteiger partial charge in [-0.1, -0.05) is 11.6 Å². The highest BCUT2D eigenvalue weighted by Gasteiger charge is 2.20. The van der Waals surface area contributed by atoms with Crippen molar-refractivity contribution in [2.45, 2.75) is 12.8 Å². The quantitative estimate of drug-likeness (QED) is 0.933. The number of nitrogens with zero attached hydrogens (tertiary/aromatic N) is 1. The third-order valence-corrected chi connectivity index (χ3v) is 3.76. The number of rotatable bonds is 3. The summed E-state index contributed by atoms with van der Waals surface area (Å²) >= 11 is 6.05. The number of ether oxygens (including phenoxy) is 2. The van der Waals surface area contributed by atoms with Crippen molar-refractivity contribution in [3.05, 3.63) is 35.2 Å². The minimum absolute atomic E-state index is 0.189. The first-order valence-corrected chi connectivity index (χ1v) is 7.42. The minimum atomic E-state index is -0.322. The number of anilines is 2. The maximum absolute atomic E-state index is 12.2. The van der Waals surface area contributed by atoms with Crippen molar-refractivity contribution in [1.82, 2.24) is 0 Å². The molecule has 0 aliphatic carbocycles. The molecule has 0 bridgehead atoms. The van der Waals surface area contributed by atoms with Crippen LogP contribution >= 0.6 is 11.6 Å². The van der Waals surface area contributed by atoms with Crippen LogP contribution in [0.15, 0.2) is 30.2 Å². The first kappa shape index (κ1) is 14.1. The Bertz CT molecular complexity index is 568. The first-order valence-electron chi connectivity index (χ1n) is 7.04. The van der Waals surface area contributed by atoms with Gasteiger partial charge in [0.1, 0.15) is 19.5 Å². The molecule has 5 nitrogen and oxygen atoms in total. The number of halogens is 1. The Balaban J connectivity index is 1.81. The van der Waals surface area contributed by atoms with E-state index in [9.17, 15) is 4.79 Å². The van der Waals surface area contributed by atoms with Crippen LogP contribution in [0.25, 0.3) is 0 Å². The van der Waals surface area contributed by atoms with Crippen LogP contribution in [0.3, 0.4) is 0 Å². The fourth-order valence-corrected chi connectivity index (χ4v) is 2.69. The van der Waals surface area contributed by atoms with Crippen LogP contribution < -0.4 is 10.2 Å². The van der Waals surface area contributed by atoms with Gasteiger partial charge in [0.05, 0.1) is 11.4 Å². The summed E-state index contributed by atoms with van der Waals surface area (Å²) in [7, 11) is 0.